The van der Waals surface area contributed by atoms with Gasteiger partial charge in [0.2, 0.25) is 0 Å². The van der Waals surface area contributed by atoms with Crippen molar-refractivity contribution in [2.45, 2.75) is 0 Å². The monoisotopic (exact) mass is 208 g/mol. The van der Waals surface area contributed by atoms with Crippen molar-refractivity contribution in [1.29, 1.82) is 0 Å². The van der Waals surface area contributed by atoms with Gasteiger partial charge in [0.05, 0.1) is 5.69 Å². The van der Waals surface area contributed by atoms with Gasteiger partial charge in [-0.25, -0.2) is 4.21 Å². The molecule has 1 heterocycles. The van der Waals surface area contributed by atoms with Gasteiger partial charge >= 0.3 is 0 Å². The number of pyridine rings is 1. The number of nitrogens with zero attached hydrogens (tertiary/aromatic N) is 1. The third-order valence-corrected chi connectivity index (χ3v) is 2.28. The highest BCUT2D eigenvalue weighted by atomic mass is 32.2. The molecule has 0 amide bonds. The van der Waals surface area contributed by atoms with Crippen LogP contribution in [0.15, 0.2) is 36.7 Å². The number of hydrogen-bond acceptors (Lipinski definition) is 2. The normalized spacial score (nSPS) is 12.6. The standard InChI is InChI=1S/C9H8N2O2S/c12-14(13)11-9-3-1-2-7-4-5-10-6-8(7)9/h1-6,11H,(H,12,13). The average Bonchev–Trinajstić information content (AvgIpc) is 2.18. The molecule has 0 saturated heterocycles. The number of benzene rings is 1. The lowest BCUT2D eigenvalue weighted by Crippen LogP contribution is -2.02. The predicted molar refractivity (Wildman–Crippen MR) is 56.1 cm³/mol. The number of fused-ring (bicyclic) bond motifs is 1. The summed E-state index contributed by atoms with van der Waals surface area (Å²) >= 11 is -2.05. The molecular weight excluding hydrogens is 200 g/mol. The van der Waals surface area contributed by atoms with Crippen LogP contribution >= 0.6 is 0 Å². The van der Waals surface area contributed by atoms with Crippen LogP contribution in [0.3, 0.4) is 0 Å². The Bertz CT molecular complexity index is 482. The van der Waals surface area contributed by atoms with Gasteiger partial charge in [0.25, 0.3) is 11.3 Å². The van der Waals surface area contributed by atoms with E-state index in [-0.39, 0.29) is 0 Å². The van der Waals surface area contributed by atoms with Crippen molar-refractivity contribution < 1.29 is 8.76 Å². The lowest BCUT2D eigenvalue weighted by atomic mass is 10.1. The third kappa shape index (κ3) is 1.73. The predicted octanol–water partition coefficient (Wildman–Crippen LogP) is 1.78. The van der Waals surface area contributed by atoms with Crippen LogP contribution in [0.5, 0.6) is 0 Å². The zero-order valence-electron chi connectivity index (χ0n) is 7.18. The Labute approximate surface area is 83.4 Å². The van der Waals surface area contributed by atoms with Crippen molar-refractivity contribution >= 4 is 27.7 Å². The maximum absolute atomic E-state index is 10.6. The molecule has 5 heteroatoms. The first-order chi connectivity index (χ1) is 6.77. The Morgan fingerprint density at radius 1 is 1.36 bits per heavy atom. The fourth-order valence-electron chi connectivity index (χ4n) is 1.30. The second-order valence-corrected chi connectivity index (χ2v) is 3.46. The van der Waals surface area contributed by atoms with Crippen molar-refractivity contribution in [2.75, 3.05) is 4.72 Å². The van der Waals surface area contributed by atoms with Crippen molar-refractivity contribution in [3.63, 3.8) is 0 Å². The zero-order valence-corrected chi connectivity index (χ0v) is 7.99. The van der Waals surface area contributed by atoms with E-state index in [0.29, 0.717) is 5.69 Å². The van der Waals surface area contributed by atoms with E-state index in [2.05, 4.69) is 9.71 Å². The Balaban J connectivity index is 2.59. The molecule has 0 radical (unpaired) electrons. The molecule has 2 N–H and O–H groups in total. The minimum Gasteiger partial charge on any atom is -0.289 e. The molecule has 2 aromatic rings. The van der Waals surface area contributed by atoms with Gasteiger partial charge in [0, 0.05) is 17.8 Å². The first-order valence-corrected chi connectivity index (χ1v) is 5.08. The molecule has 0 aliphatic carbocycles. The Hall–Kier alpha value is -1.46. The molecule has 1 unspecified atom stereocenters. The van der Waals surface area contributed by atoms with Crippen LogP contribution in [-0.2, 0) is 11.3 Å². The summed E-state index contributed by atoms with van der Waals surface area (Å²) in [4.78, 5) is 3.96. The lowest BCUT2D eigenvalue weighted by Gasteiger charge is -2.04. The van der Waals surface area contributed by atoms with E-state index in [4.69, 9.17) is 4.55 Å². The summed E-state index contributed by atoms with van der Waals surface area (Å²) in [5.41, 5.74) is 0.608. The molecule has 1 aromatic carbocycles. The van der Waals surface area contributed by atoms with Gasteiger partial charge in [-0.05, 0) is 17.5 Å². The van der Waals surface area contributed by atoms with E-state index in [0.717, 1.165) is 10.8 Å². The van der Waals surface area contributed by atoms with Crippen LogP contribution < -0.4 is 4.72 Å². The molecule has 0 spiro atoms. The minimum atomic E-state index is -2.05. The van der Waals surface area contributed by atoms with Gasteiger partial charge in [-0.15, -0.1) is 0 Å². The molecule has 0 fully saturated rings. The molecule has 0 bridgehead atoms. The summed E-state index contributed by atoms with van der Waals surface area (Å²) in [5, 5.41) is 1.81. The summed E-state index contributed by atoms with van der Waals surface area (Å²) in [6, 6.07) is 7.32. The van der Waals surface area contributed by atoms with Gasteiger partial charge < -0.3 is 0 Å². The molecule has 1 aromatic heterocycles. The van der Waals surface area contributed by atoms with Crippen LogP contribution in [0.4, 0.5) is 5.69 Å². The first kappa shape index (κ1) is 9.11. The Morgan fingerprint density at radius 2 is 2.21 bits per heavy atom. The van der Waals surface area contributed by atoms with E-state index >= 15 is 0 Å². The maximum atomic E-state index is 10.6. The summed E-state index contributed by atoms with van der Waals surface area (Å²) in [5.74, 6) is 0. The summed E-state index contributed by atoms with van der Waals surface area (Å²) in [6.45, 7) is 0. The van der Waals surface area contributed by atoms with Gasteiger partial charge in [0.15, 0.2) is 0 Å². The van der Waals surface area contributed by atoms with Crippen molar-refractivity contribution in [2.24, 2.45) is 0 Å². The highest BCUT2D eigenvalue weighted by molar-refractivity contribution is 7.80. The highest BCUT2D eigenvalue weighted by Gasteiger charge is 2.01. The van der Waals surface area contributed by atoms with E-state index < -0.39 is 11.3 Å². The van der Waals surface area contributed by atoms with Crippen molar-refractivity contribution in [1.82, 2.24) is 4.98 Å². The molecule has 14 heavy (non-hydrogen) atoms. The average molecular weight is 208 g/mol. The molecule has 0 saturated carbocycles. The molecule has 72 valence electrons. The van der Waals surface area contributed by atoms with Gasteiger partial charge in [-0.1, -0.05) is 12.1 Å². The second kappa shape index (κ2) is 3.73. The quantitative estimate of drug-likeness (QED) is 0.739. The van der Waals surface area contributed by atoms with Gasteiger partial charge in [0.1, 0.15) is 0 Å². The number of aromatic nitrogens is 1. The summed E-state index contributed by atoms with van der Waals surface area (Å²) in [6.07, 6.45) is 3.34. The van der Waals surface area contributed by atoms with E-state index in [1.54, 1.807) is 18.5 Å². The fourth-order valence-corrected chi connectivity index (χ4v) is 1.66. The van der Waals surface area contributed by atoms with E-state index in [1.807, 2.05) is 18.2 Å². The molecule has 4 nitrogen and oxygen atoms in total. The Morgan fingerprint density at radius 3 is 3.00 bits per heavy atom. The van der Waals surface area contributed by atoms with Crippen molar-refractivity contribution in [3.8, 4) is 0 Å². The van der Waals surface area contributed by atoms with Crippen LogP contribution in [0.1, 0.15) is 0 Å². The molecule has 2 rings (SSSR count). The first-order valence-electron chi connectivity index (χ1n) is 3.97. The number of nitrogens with one attached hydrogen (secondary N) is 1. The van der Waals surface area contributed by atoms with Crippen LogP contribution in [0.2, 0.25) is 0 Å². The number of rotatable bonds is 2. The van der Waals surface area contributed by atoms with Gasteiger partial charge in [-0.3, -0.25) is 14.3 Å². The topological polar surface area (TPSA) is 62.2 Å². The summed E-state index contributed by atoms with van der Waals surface area (Å²) in [7, 11) is 0. The van der Waals surface area contributed by atoms with E-state index in [1.165, 1.54) is 0 Å². The third-order valence-electron chi connectivity index (χ3n) is 1.88. The lowest BCUT2D eigenvalue weighted by molar-refractivity contribution is 0.570. The largest absolute Gasteiger partial charge is 0.289 e. The summed E-state index contributed by atoms with van der Waals surface area (Å²) < 4.78 is 21.7. The SMILES string of the molecule is O=S(O)Nc1cccc2ccncc12. The molecule has 0 aliphatic heterocycles. The molecule has 0 aliphatic rings. The molecule has 1 atom stereocenters. The highest BCUT2D eigenvalue weighted by Crippen LogP contribution is 2.21. The fraction of sp³-hybridized carbons (Fsp3) is 0. The smallest absolute Gasteiger partial charge is 0.259 e. The molecular formula is C9H8N2O2S. The Kier molecular flexibility index (Phi) is 2.43. The van der Waals surface area contributed by atoms with E-state index in [9.17, 15) is 4.21 Å². The minimum absolute atomic E-state index is 0.608. The second-order valence-electron chi connectivity index (χ2n) is 2.75. The number of hydrogen-bond donors (Lipinski definition) is 2. The van der Waals surface area contributed by atoms with Gasteiger partial charge in [-0.2, -0.15) is 0 Å². The van der Waals surface area contributed by atoms with Crippen LogP contribution in [0, 0.1) is 0 Å². The maximum Gasteiger partial charge on any atom is 0.259 e. The zero-order chi connectivity index (χ0) is 9.97. The van der Waals surface area contributed by atoms with Crippen LogP contribution in [-0.4, -0.2) is 13.7 Å². The van der Waals surface area contributed by atoms with Crippen molar-refractivity contribution in [3.05, 3.63) is 36.7 Å². The van der Waals surface area contributed by atoms with Crippen LogP contribution in [0.25, 0.3) is 10.8 Å². The number of anilines is 1.